The van der Waals surface area contributed by atoms with Crippen LogP contribution in [0.3, 0.4) is 0 Å². The fraction of sp³-hybridized carbons (Fsp3) is 0.281. The van der Waals surface area contributed by atoms with Crippen molar-refractivity contribution in [3.8, 4) is 39.7 Å². The number of halogens is 1. The molecule has 1 aromatic carbocycles. The van der Waals surface area contributed by atoms with Crippen molar-refractivity contribution in [3.05, 3.63) is 67.0 Å². The Morgan fingerprint density at radius 2 is 1.86 bits per heavy atom. The van der Waals surface area contributed by atoms with Gasteiger partial charge in [0.2, 0.25) is 0 Å². The molecule has 222 valence electrons. The number of likely N-dealkylation sites (tertiary alicyclic amines) is 1. The maximum atomic E-state index is 14.8. The SMILES string of the molecule is NC1CN(c2cncc(-c3cnc4n[nH]c(-c5cc6c(-c7cc(F)cc(OCCN8CCCC8)c7)nccc6[nH]5)c4c3)n2)C1. The lowest BCUT2D eigenvalue weighted by molar-refractivity contribution is 0.237. The van der Waals surface area contributed by atoms with E-state index in [0.29, 0.717) is 29.3 Å². The molecule has 0 saturated carbocycles. The molecule has 44 heavy (non-hydrogen) atoms. The Bertz CT molecular complexity index is 1980. The van der Waals surface area contributed by atoms with Crippen molar-refractivity contribution < 1.29 is 9.13 Å². The number of nitrogens with zero attached hydrogens (tertiary/aromatic N) is 7. The summed E-state index contributed by atoms with van der Waals surface area (Å²) in [6, 6.07) is 10.9. The van der Waals surface area contributed by atoms with E-state index in [4.69, 9.17) is 15.5 Å². The normalized spacial score (nSPS) is 15.8. The van der Waals surface area contributed by atoms with Gasteiger partial charge >= 0.3 is 0 Å². The Labute approximate surface area is 252 Å². The van der Waals surface area contributed by atoms with Crippen molar-refractivity contribution in [3.63, 3.8) is 0 Å². The zero-order chi connectivity index (χ0) is 29.6. The summed E-state index contributed by atoms with van der Waals surface area (Å²) < 4.78 is 20.7. The molecular formula is C32H31FN10O. The van der Waals surface area contributed by atoms with Gasteiger partial charge in [-0.15, -0.1) is 0 Å². The number of hydrogen-bond acceptors (Lipinski definition) is 9. The first kappa shape index (κ1) is 26.7. The predicted molar refractivity (Wildman–Crippen MR) is 167 cm³/mol. The molecule has 2 saturated heterocycles. The molecule has 0 bridgehead atoms. The highest BCUT2D eigenvalue weighted by atomic mass is 19.1. The van der Waals surface area contributed by atoms with Gasteiger partial charge in [-0.25, -0.2) is 14.4 Å². The lowest BCUT2D eigenvalue weighted by atomic mass is 10.1. The molecular weight excluding hydrogens is 559 g/mol. The third kappa shape index (κ3) is 5.01. The van der Waals surface area contributed by atoms with Crippen LogP contribution < -0.4 is 15.4 Å². The zero-order valence-electron chi connectivity index (χ0n) is 24.0. The van der Waals surface area contributed by atoms with E-state index in [1.54, 1.807) is 24.8 Å². The Morgan fingerprint density at radius 3 is 2.73 bits per heavy atom. The molecule has 5 aromatic heterocycles. The lowest BCUT2D eigenvalue weighted by Crippen LogP contribution is -2.56. The van der Waals surface area contributed by atoms with Crippen LogP contribution in [-0.4, -0.2) is 85.4 Å². The van der Waals surface area contributed by atoms with Crippen LogP contribution in [0, 0.1) is 5.82 Å². The van der Waals surface area contributed by atoms with E-state index in [2.05, 4.69) is 39.9 Å². The molecule has 0 aliphatic carbocycles. The fourth-order valence-electron chi connectivity index (χ4n) is 6.09. The molecule has 12 heteroatoms. The number of aromatic amines is 2. The second-order valence-electron chi connectivity index (χ2n) is 11.5. The number of anilines is 1. The van der Waals surface area contributed by atoms with E-state index in [9.17, 15) is 4.39 Å². The summed E-state index contributed by atoms with van der Waals surface area (Å²) in [7, 11) is 0. The van der Waals surface area contributed by atoms with E-state index in [1.807, 2.05) is 24.3 Å². The number of pyridine rings is 2. The van der Waals surface area contributed by atoms with Gasteiger partial charge in [-0.2, -0.15) is 5.10 Å². The Hall–Kier alpha value is -4.94. The summed E-state index contributed by atoms with van der Waals surface area (Å²) in [5.41, 5.74) is 11.9. The number of ether oxygens (including phenoxy) is 1. The highest BCUT2D eigenvalue weighted by Crippen LogP contribution is 2.35. The number of fused-ring (bicyclic) bond motifs is 2. The van der Waals surface area contributed by atoms with Gasteiger partial charge in [0.25, 0.3) is 0 Å². The minimum Gasteiger partial charge on any atom is -0.492 e. The van der Waals surface area contributed by atoms with Crippen LogP contribution in [-0.2, 0) is 0 Å². The van der Waals surface area contributed by atoms with E-state index < -0.39 is 0 Å². The first-order valence-electron chi connectivity index (χ1n) is 14.9. The first-order chi connectivity index (χ1) is 21.6. The van der Waals surface area contributed by atoms with Crippen molar-refractivity contribution in [2.24, 2.45) is 5.73 Å². The summed E-state index contributed by atoms with van der Waals surface area (Å²) in [5, 5.41) is 9.27. The third-order valence-corrected chi connectivity index (χ3v) is 8.40. The van der Waals surface area contributed by atoms with Gasteiger partial charge in [0.1, 0.15) is 24.0 Å². The molecule has 0 amide bonds. The Kier molecular flexibility index (Phi) is 6.64. The first-order valence-corrected chi connectivity index (χ1v) is 14.9. The highest BCUT2D eigenvalue weighted by Gasteiger charge is 2.25. The van der Waals surface area contributed by atoms with Gasteiger partial charge in [0.05, 0.1) is 35.2 Å². The number of nitrogens with two attached hydrogens (primary N) is 1. The summed E-state index contributed by atoms with van der Waals surface area (Å²) in [5.74, 6) is 0.927. The van der Waals surface area contributed by atoms with Crippen molar-refractivity contribution in [2.75, 3.05) is 44.2 Å². The molecule has 11 nitrogen and oxygen atoms in total. The number of hydrogen-bond donors (Lipinski definition) is 3. The molecule has 0 atom stereocenters. The minimum absolute atomic E-state index is 0.167. The van der Waals surface area contributed by atoms with Crippen LogP contribution in [0.4, 0.5) is 10.2 Å². The molecule has 0 spiro atoms. The zero-order valence-corrected chi connectivity index (χ0v) is 24.0. The molecule has 0 radical (unpaired) electrons. The van der Waals surface area contributed by atoms with E-state index in [0.717, 1.165) is 77.5 Å². The summed E-state index contributed by atoms with van der Waals surface area (Å²) in [6.45, 7) is 5.07. The monoisotopic (exact) mass is 590 g/mol. The maximum absolute atomic E-state index is 14.8. The number of nitrogens with one attached hydrogen (secondary N) is 2. The predicted octanol–water partition coefficient (Wildman–Crippen LogP) is 4.39. The standard InChI is InChI=1S/C32H31FN10O/c33-21-9-19(10-23(12-21)44-8-7-42-5-1-2-6-42)30-24-13-27(38-26(24)3-4-36-30)31-25-11-20(14-37-32(25)41-40-31)28-15-35-16-29(39-28)43-17-22(34)18-43/h3-4,9-16,22,38H,1-2,5-8,17-18,34H2,(H,37,40,41). The van der Waals surface area contributed by atoms with Gasteiger partial charge < -0.3 is 20.4 Å². The average Bonchev–Trinajstić information content (AvgIpc) is 3.78. The van der Waals surface area contributed by atoms with Crippen LogP contribution in [0.25, 0.3) is 55.8 Å². The van der Waals surface area contributed by atoms with Crippen LogP contribution in [0.2, 0.25) is 0 Å². The number of H-pyrrole nitrogens is 2. The van der Waals surface area contributed by atoms with Crippen molar-refractivity contribution in [1.82, 2.24) is 40.0 Å². The van der Waals surface area contributed by atoms with Gasteiger partial charge in [-0.05, 0) is 56.3 Å². The number of rotatable bonds is 8. The summed E-state index contributed by atoms with van der Waals surface area (Å²) >= 11 is 0. The van der Waals surface area contributed by atoms with Crippen LogP contribution in [0.1, 0.15) is 12.8 Å². The number of aromatic nitrogens is 7. The van der Waals surface area contributed by atoms with Crippen LogP contribution in [0.5, 0.6) is 5.75 Å². The molecule has 2 aliphatic heterocycles. The van der Waals surface area contributed by atoms with Gasteiger partial charge in [-0.1, -0.05) is 0 Å². The van der Waals surface area contributed by atoms with Gasteiger partial charge in [0.15, 0.2) is 5.65 Å². The van der Waals surface area contributed by atoms with Crippen molar-refractivity contribution in [2.45, 2.75) is 18.9 Å². The largest absolute Gasteiger partial charge is 0.492 e. The quantitative estimate of drug-likeness (QED) is 0.236. The van der Waals surface area contributed by atoms with Crippen molar-refractivity contribution in [1.29, 1.82) is 0 Å². The second-order valence-corrected chi connectivity index (χ2v) is 11.5. The van der Waals surface area contributed by atoms with Gasteiger partial charge in [-0.3, -0.25) is 20.0 Å². The summed E-state index contributed by atoms with van der Waals surface area (Å²) in [4.78, 5) is 26.4. The number of benzene rings is 1. The van der Waals surface area contributed by atoms with E-state index >= 15 is 0 Å². The van der Waals surface area contributed by atoms with Crippen LogP contribution in [0.15, 0.2) is 61.2 Å². The van der Waals surface area contributed by atoms with Gasteiger partial charge in [0, 0.05) is 71.6 Å². The Balaban J connectivity index is 1.11. The van der Waals surface area contributed by atoms with E-state index in [-0.39, 0.29) is 11.9 Å². The maximum Gasteiger partial charge on any atom is 0.181 e. The van der Waals surface area contributed by atoms with Crippen LogP contribution >= 0.6 is 0 Å². The third-order valence-electron chi connectivity index (χ3n) is 8.40. The minimum atomic E-state index is -0.365. The topological polar surface area (TPSA) is 138 Å². The lowest BCUT2D eigenvalue weighted by Gasteiger charge is -2.37. The molecule has 2 aliphatic rings. The smallest absolute Gasteiger partial charge is 0.181 e. The molecule has 4 N–H and O–H groups in total. The summed E-state index contributed by atoms with van der Waals surface area (Å²) in [6.07, 6.45) is 9.41. The van der Waals surface area contributed by atoms with Crippen molar-refractivity contribution >= 4 is 27.8 Å². The molecule has 2 fully saturated rings. The average molecular weight is 591 g/mol. The molecule has 6 aromatic rings. The molecule has 7 heterocycles. The molecule has 0 unspecified atom stereocenters. The Morgan fingerprint density at radius 1 is 0.977 bits per heavy atom. The van der Waals surface area contributed by atoms with E-state index in [1.165, 1.54) is 25.0 Å². The molecule has 8 rings (SSSR count). The second kappa shape index (κ2) is 11.0. The highest BCUT2D eigenvalue weighted by molar-refractivity contribution is 6.00. The fourth-order valence-corrected chi connectivity index (χ4v) is 6.09.